The van der Waals surface area contributed by atoms with Crippen molar-refractivity contribution in [1.29, 1.82) is 0 Å². The molecule has 104 valence electrons. The second-order valence-electron chi connectivity index (χ2n) is 5.20. The molecule has 0 spiro atoms. The van der Waals surface area contributed by atoms with Gasteiger partial charge in [-0.05, 0) is 38.5 Å². The molecule has 0 aliphatic carbocycles. The van der Waals surface area contributed by atoms with Crippen LogP contribution in [0.4, 0.5) is 5.69 Å². The molecule has 0 aliphatic heterocycles. The van der Waals surface area contributed by atoms with Gasteiger partial charge in [-0.15, -0.1) is 0 Å². The summed E-state index contributed by atoms with van der Waals surface area (Å²) in [6.45, 7) is 5.95. The normalized spacial score (nSPS) is 11.9. The largest absolute Gasteiger partial charge is 0.398 e. The molecular weight excluding hydrogens is 248 g/mol. The first kappa shape index (κ1) is 14.1. The van der Waals surface area contributed by atoms with Gasteiger partial charge in [0.25, 0.3) is 5.91 Å². The molecule has 0 heterocycles. The summed E-state index contributed by atoms with van der Waals surface area (Å²) in [5.41, 5.74) is 10.2. The Bertz CT molecular complexity index is 617. The lowest BCUT2D eigenvalue weighted by atomic mass is 10.0. The first-order chi connectivity index (χ1) is 9.47. The average Bonchev–Trinajstić information content (AvgIpc) is 2.42. The van der Waals surface area contributed by atoms with Crippen LogP contribution in [0.15, 0.2) is 42.5 Å². The third-order valence-corrected chi connectivity index (χ3v) is 3.38. The maximum absolute atomic E-state index is 12.3. The van der Waals surface area contributed by atoms with Crippen molar-refractivity contribution >= 4 is 11.6 Å². The molecule has 0 aromatic heterocycles. The molecule has 3 nitrogen and oxygen atoms in total. The molecule has 0 bridgehead atoms. The molecule has 2 aromatic rings. The van der Waals surface area contributed by atoms with Crippen molar-refractivity contribution in [1.82, 2.24) is 5.32 Å². The summed E-state index contributed by atoms with van der Waals surface area (Å²) in [4.78, 5) is 12.3. The number of anilines is 1. The van der Waals surface area contributed by atoms with E-state index in [4.69, 9.17) is 5.73 Å². The van der Waals surface area contributed by atoms with Crippen molar-refractivity contribution in [2.75, 3.05) is 5.73 Å². The predicted octanol–water partition coefficient (Wildman–Crippen LogP) is 3.38. The van der Waals surface area contributed by atoms with E-state index in [9.17, 15) is 4.79 Å². The van der Waals surface area contributed by atoms with Crippen LogP contribution < -0.4 is 11.1 Å². The van der Waals surface area contributed by atoms with Gasteiger partial charge in [0.15, 0.2) is 0 Å². The Morgan fingerprint density at radius 1 is 1.05 bits per heavy atom. The minimum atomic E-state index is -0.140. The van der Waals surface area contributed by atoms with Gasteiger partial charge in [-0.2, -0.15) is 0 Å². The average molecular weight is 268 g/mol. The Balaban J connectivity index is 2.15. The summed E-state index contributed by atoms with van der Waals surface area (Å²) in [5, 5.41) is 2.98. The molecule has 1 atom stereocenters. The molecule has 0 radical (unpaired) electrons. The predicted molar refractivity (Wildman–Crippen MR) is 82.7 cm³/mol. The summed E-state index contributed by atoms with van der Waals surface area (Å²) in [6, 6.07) is 13.6. The van der Waals surface area contributed by atoms with Crippen LogP contribution in [-0.4, -0.2) is 5.91 Å². The lowest BCUT2D eigenvalue weighted by molar-refractivity contribution is 0.0940. The Morgan fingerprint density at radius 3 is 2.30 bits per heavy atom. The first-order valence-electron chi connectivity index (χ1n) is 6.71. The van der Waals surface area contributed by atoms with Crippen LogP contribution in [0.2, 0.25) is 0 Å². The zero-order valence-electron chi connectivity index (χ0n) is 12.1. The van der Waals surface area contributed by atoms with E-state index >= 15 is 0 Å². The van der Waals surface area contributed by atoms with Gasteiger partial charge >= 0.3 is 0 Å². The summed E-state index contributed by atoms with van der Waals surface area (Å²) in [7, 11) is 0. The van der Waals surface area contributed by atoms with Gasteiger partial charge < -0.3 is 11.1 Å². The molecule has 0 unspecified atom stereocenters. The summed E-state index contributed by atoms with van der Waals surface area (Å²) in [6.07, 6.45) is 0. The number of hydrogen-bond acceptors (Lipinski definition) is 2. The van der Waals surface area contributed by atoms with E-state index in [2.05, 4.69) is 5.32 Å². The number of nitrogen functional groups attached to an aromatic ring is 1. The minimum absolute atomic E-state index is 0.0528. The van der Waals surface area contributed by atoms with Crippen LogP contribution in [0.3, 0.4) is 0 Å². The van der Waals surface area contributed by atoms with Crippen molar-refractivity contribution < 1.29 is 4.79 Å². The highest BCUT2D eigenvalue weighted by atomic mass is 16.1. The number of carbonyl (C=O) groups excluding carboxylic acids is 1. The van der Waals surface area contributed by atoms with Crippen LogP contribution in [-0.2, 0) is 0 Å². The second kappa shape index (κ2) is 5.78. The number of amides is 1. The molecule has 20 heavy (non-hydrogen) atoms. The van der Waals surface area contributed by atoms with Gasteiger partial charge in [0.1, 0.15) is 0 Å². The zero-order chi connectivity index (χ0) is 14.7. The molecule has 0 saturated heterocycles. The topological polar surface area (TPSA) is 55.1 Å². The Hall–Kier alpha value is -2.29. The van der Waals surface area contributed by atoms with E-state index in [0.29, 0.717) is 11.3 Å². The third-order valence-electron chi connectivity index (χ3n) is 3.38. The molecule has 3 N–H and O–H groups in total. The Labute approximate surface area is 119 Å². The number of nitrogens with one attached hydrogen (secondary N) is 1. The smallest absolute Gasteiger partial charge is 0.253 e. The number of benzene rings is 2. The SMILES string of the molecule is Cc1ccc([C@@H](C)NC(=O)c2cc(C)ccc2N)cc1. The highest BCUT2D eigenvalue weighted by molar-refractivity contribution is 5.99. The van der Waals surface area contributed by atoms with Gasteiger partial charge in [0.2, 0.25) is 0 Å². The van der Waals surface area contributed by atoms with Crippen LogP contribution in [0.25, 0.3) is 0 Å². The summed E-state index contributed by atoms with van der Waals surface area (Å²) < 4.78 is 0. The standard InChI is InChI=1S/C17H20N2O/c1-11-4-7-14(8-5-11)13(3)19-17(20)15-10-12(2)6-9-16(15)18/h4-10,13H,18H2,1-3H3,(H,19,20)/t13-/m1/s1. The fourth-order valence-electron chi connectivity index (χ4n) is 2.08. The molecule has 2 rings (SSSR count). The second-order valence-corrected chi connectivity index (χ2v) is 5.20. The molecular formula is C17H20N2O. The highest BCUT2D eigenvalue weighted by Gasteiger charge is 2.13. The van der Waals surface area contributed by atoms with Gasteiger partial charge in [-0.1, -0.05) is 41.5 Å². The molecule has 0 aliphatic rings. The highest BCUT2D eigenvalue weighted by Crippen LogP contribution is 2.17. The van der Waals surface area contributed by atoms with Crippen molar-refractivity contribution in [3.05, 3.63) is 64.7 Å². The van der Waals surface area contributed by atoms with Gasteiger partial charge in [0, 0.05) is 5.69 Å². The molecule has 2 aromatic carbocycles. The van der Waals surface area contributed by atoms with Crippen molar-refractivity contribution in [2.24, 2.45) is 0 Å². The minimum Gasteiger partial charge on any atom is -0.398 e. The molecule has 0 saturated carbocycles. The zero-order valence-corrected chi connectivity index (χ0v) is 12.1. The summed E-state index contributed by atoms with van der Waals surface area (Å²) >= 11 is 0. The number of aryl methyl sites for hydroxylation is 2. The number of carbonyl (C=O) groups is 1. The fourth-order valence-corrected chi connectivity index (χ4v) is 2.08. The first-order valence-corrected chi connectivity index (χ1v) is 6.71. The van der Waals surface area contributed by atoms with Crippen LogP contribution in [0.1, 0.15) is 40.0 Å². The maximum Gasteiger partial charge on any atom is 0.253 e. The molecule has 1 amide bonds. The lowest BCUT2D eigenvalue weighted by Crippen LogP contribution is -2.27. The van der Waals surface area contributed by atoms with Crippen molar-refractivity contribution in [3.63, 3.8) is 0 Å². The Morgan fingerprint density at radius 2 is 1.65 bits per heavy atom. The van der Waals surface area contributed by atoms with Crippen molar-refractivity contribution in [3.8, 4) is 0 Å². The van der Waals surface area contributed by atoms with E-state index < -0.39 is 0 Å². The molecule has 0 fully saturated rings. The van der Waals surface area contributed by atoms with E-state index in [1.165, 1.54) is 5.56 Å². The van der Waals surface area contributed by atoms with E-state index in [1.54, 1.807) is 6.07 Å². The van der Waals surface area contributed by atoms with Crippen LogP contribution >= 0.6 is 0 Å². The maximum atomic E-state index is 12.3. The van der Waals surface area contributed by atoms with Gasteiger partial charge in [-0.25, -0.2) is 0 Å². The quantitative estimate of drug-likeness (QED) is 0.838. The van der Waals surface area contributed by atoms with Crippen LogP contribution in [0, 0.1) is 13.8 Å². The van der Waals surface area contributed by atoms with E-state index in [-0.39, 0.29) is 11.9 Å². The van der Waals surface area contributed by atoms with Crippen LogP contribution in [0.5, 0.6) is 0 Å². The number of rotatable bonds is 3. The van der Waals surface area contributed by atoms with E-state index in [0.717, 1.165) is 11.1 Å². The summed E-state index contributed by atoms with van der Waals surface area (Å²) in [5.74, 6) is -0.140. The van der Waals surface area contributed by atoms with Gasteiger partial charge in [-0.3, -0.25) is 4.79 Å². The Kier molecular flexibility index (Phi) is 4.08. The third kappa shape index (κ3) is 3.18. The molecule has 3 heteroatoms. The lowest BCUT2D eigenvalue weighted by Gasteiger charge is -2.15. The monoisotopic (exact) mass is 268 g/mol. The number of hydrogen-bond donors (Lipinski definition) is 2. The van der Waals surface area contributed by atoms with Crippen molar-refractivity contribution in [2.45, 2.75) is 26.8 Å². The number of nitrogens with two attached hydrogens (primary N) is 1. The fraction of sp³-hybridized carbons (Fsp3) is 0.235. The van der Waals surface area contributed by atoms with E-state index in [1.807, 2.05) is 57.2 Å². The van der Waals surface area contributed by atoms with Gasteiger partial charge in [0.05, 0.1) is 11.6 Å².